The summed E-state index contributed by atoms with van der Waals surface area (Å²) < 4.78 is 7.84. The second kappa shape index (κ2) is 3.89. The first-order valence-electron chi connectivity index (χ1n) is 5.74. The molecule has 1 aromatic heterocycles. The van der Waals surface area contributed by atoms with E-state index in [0.717, 1.165) is 17.1 Å². The molecule has 0 radical (unpaired) electrons. The summed E-state index contributed by atoms with van der Waals surface area (Å²) in [6, 6.07) is 8.02. The number of rotatable bonds is 1. The molecule has 1 aliphatic heterocycles. The Kier molecular flexibility index (Phi) is 2.37. The lowest BCUT2D eigenvalue weighted by Crippen LogP contribution is -2.33. The standard InChI is InChI=1S/C13H15N3O/c1-9-15-6-7-16(9)11-8-17-12-5-3-2-4-10(12)13(11)14/h2-7,11,13H,8,14H2,1H3. The van der Waals surface area contributed by atoms with Crippen molar-refractivity contribution in [2.45, 2.75) is 19.0 Å². The van der Waals surface area contributed by atoms with Crippen molar-refractivity contribution in [2.24, 2.45) is 5.73 Å². The van der Waals surface area contributed by atoms with E-state index < -0.39 is 0 Å². The Balaban J connectivity index is 2.00. The average molecular weight is 229 g/mol. The lowest BCUT2D eigenvalue weighted by Gasteiger charge is -2.32. The molecule has 1 aromatic carbocycles. The summed E-state index contributed by atoms with van der Waals surface area (Å²) in [5.41, 5.74) is 7.39. The van der Waals surface area contributed by atoms with Crippen molar-refractivity contribution < 1.29 is 4.74 Å². The van der Waals surface area contributed by atoms with E-state index in [2.05, 4.69) is 9.55 Å². The van der Waals surface area contributed by atoms with Crippen molar-refractivity contribution >= 4 is 0 Å². The van der Waals surface area contributed by atoms with Gasteiger partial charge in [0.2, 0.25) is 0 Å². The molecule has 0 bridgehead atoms. The molecule has 2 heterocycles. The van der Waals surface area contributed by atoms with Gasteiger partial charge in [0, 0.05) is 18.0 Å². The summed E-state index contributed by atoms with van der Waals surface area (Å²) in [6.45, 7) is 2.57. The maximum absolute atomic E-state index is 6.32. The molecule has 0 saturated heterocycles. The zero-order chi connectivity index (χ0) is 11.8. The Labute approximate surface area is 100 Å². The van der Waals surface area contributed by atoms with E-state index in [-0.39, 0.29) is 12.1 Å². The third-order valence-corrected chi connectivity index (χ3v) is 3.32. The van der Waals surface area contributed by atoms with E-state index in [4.69, 9.17) is 10.5 Å². The van der Waals surface area contributed by atoms with E-state index in [1.165, 1.54) is 0 Å². The van der Waals surface area contributed by atoms with Gasteiger partial charge >= 0.3 is 0 Å². The first-order valence-corrected chi connectivity index (χ1v) is 5.74. The van der Waals surface area contributed by atoms with Crippen LogP contribution >= 0.6 is 0 Å². The van der Waals surface area contributed by atoms with Crippen molar-refractivity contribution in [2.75, 3.05) is 6.61 Å². The van der Waals surface area contributed by atoms with Crippen LogP contribution in [0.4, 0.5) is 0 Å². The van der Waals surface area contributed by atoms with Crippen molar-refractivity contribution in [1.29, 1.82) is 0 Å². The fourth-order valence-corrected chi connectivity index (χ4v) is 2.36. The lowest BCUT2D eigenvalue weighted by atomic mass is 9.97. The van der Waals surface area contributed by atoms with Crippen LogP contribution in [-0.4, -0.2) is 16.2 Å². The fraction of sp³-hybridized carbons (Fsp3) is 0.308. The van der Waals surface area contributed by atoms with Gasteiger partial charge in [-0.15, -0.1) is 0 Å². The van der Waals surface area contributed by atoms with Crippen molar-refractivity contribution in [1.82, 2.24) is 9.55 Å². The Bertz CT molecular complexity index is 535. The van der Waals surface area contributed by atoms with Crippen molar-refractivity contribution in [3.8, 4) is 5.75 Å². The number of ether oxygens (including phenoxy) is 1. The Morgan fingerprint density at radius 1 is 1.41 bits per heavy atom. The monoisotopic (exact) mass is 229 g/mol. The van der Waals surface area contributed by atoms with Gasteiger partial charge in [0.25, 0.3) is 0 Å². The molecule has 0 spiro atoms. The van der Waals surface area contributed by atoms with E-state index in [9.17, 15) is 0 Å². The van der Waals surface area contributed by atoms with Crippen LogP contribution in [0, 0.1) is 6.92 Å². The van der Waals surface area contributed by atoms with Crippen LogP contribution in [0.15, 0.2) is 36.7 Å². The third kappa shape index (κ3) is 1.61. The number of nitrogens with zero attached hydrogens (tertiary/aromatic N) is 2. The topological polar surface area (TPSA) is 53.1 Å². The fourth-order valence-electron chi connectivity index (χ4n) is 2.36. The number of imidazole rings is 1. The van der Waals surface area contributed by atoms with Crippen molar-refractivity contribution in [3.05, 3.63) is 48.0 Å². The van der Waals surface area contributed by atoms with E-state index in [0.29, 0.717) is 6.61 Å². The van der Waals surface area contributed by atoms with Gasteiger partial charge in [0.15, 0.2) is 0 Å². The molecule has 2 atom stereocenters. The minimum absolute atomic E-state index is 0.0483. The maximum Gasteiger partial charge on any atom is 0.124 e. The smallest absolute Gasteiger partial charge is 0.124 e. The molecule has 4 nitrogen and oxygen atoms in total. The summed E-state index contributed by atoms with van der Waals surface area (Å²) >= 11 is 0. The van der Waals surface area contributed by atoms with Gasteiger partial charge in [-0.1, -0.05) is 18.2 Å². The summed E-state index contributed by atoms with van der Waals surface area (Å²) in [6.07, 6.45) is 3.75. The van der Waals surface area contributed by atoms with Gasteiger partial charge in [0.1, 0.15) is 18.2 Å². The van der Waals surface area contributed by atoms with Crippen LogP contribution < -0.4 is 10.5 Å². The molecule has 0 aliphatic carbocycles. The first-order chi connectivity index (χ1) is 8.27. The highest BCUT2D eigenvalue weighted by Crippen LogP contribution is 2.36. The number of para-hydroxylation sites is 1. The summed E-state index contributed by atoms with van der Waals surface area (Å²) in [5.74, 6) is 1.86. The van der Waals surface area contributed by atoms with E-state index in [1.807, 2.05) is 37.4 Å². The molecular formula is C13H15N3O. The molecule has 2 aromatic rings. The number of aryl methyl sites for hydroxylation is 1. The van der Waals surface area contributed by atoms with Gasteiger partial charge in [-0.2, -0.15) is 0 Å². The highest BCUT2D eigenvalue weighted by molar-refractivity contribution is 5.38. The van der Waals surface area contributed by atoms with E-state index >= 15 is 0 Å². The molecule has 1 aliphatic rings. The number of benzene rings is 1. The number of hydrogen-bond donors (Lipinski definition) is 1. The molecule has 0 saturated carbocycles. The molecule has 17 heavy (non-hydrogen) atoms. The van der Waals surface area contributed by atoms with E-state index in [1.54, 1.807) is 6.20 Å². The Morgan fingerprint density at radius 2 is 2.24 bits per heavy atom. The maximum atomic E-state index is 6.32. The molecule has 3 rings (SSSR count). The highest BCUT2D eigenvalue weighted by atomic mass is 16.5. The summed E-state index contributed by atoms with van der Waals surface area (Å²) in [4.78, 5) is 4.23. The predicted octanol–water partition coefficient (Wildman–Crippen LogP) is 1.83. The molecule has 0 fully saturated rings. The number of fused-ring (bicyclic) bond motifs is 1. The highest BCUT2D eigenvalue weighted by Gasteiger charge is 2.29. The third-order valence-electron chi connectivity index (χ3n) is 3.32. The first kappa shape index (κ1) is 10.4. The SMILES string of the molecule is Cc1nccn1C1COc2ccccc2C1N. The number of nitrogens with two attached hydrogens (primary N) is 1. The van der Waals surface area contributed by atoms with Crippen LogP contribution in [-0.2, 0) is 0 Å². The zero-order valence-electron chi connectivity index (χ0n) is 9.71. The number of hydrogen-bond acceptors (Lipinski definition) is 3. The Morgan fingerprint density at radius 3 is 3.00 bits per heavy atom. The molecule has 2 N–H and O–H groups in total. The predicted molar refractivity (Wildman–Crippen MR) is 64.9 cm³/mol. The van der Waals surface area contributed by atoms with Gasteiger partial charge < -0.3 is 15.0 Å². The molecule has 4 heteroatoms. The second-order valence-electron chi connectivity index (χ2n) is 4.32. The van der Waals surface area contributed by atoms with Crippen LogP contribution in [0.5, 0.6) is 5.75 Å². The van der Waals surface area contributed by atoms with Crippen LogP contribution in [0.3, 0.4) is 0 Å². The normalized spacial score (nSPS) is 22.9. The largest absolute Gasteiger partial charge is 0.491 e. The second-order valence-corrected chi connectivity index (χ2v) is 4.32. The van der Waals surface area contributed by atoms with Crippen molar-refractivity contribution in [3.63, 3.8) is 0 Å². The van der Waals surface area contributed by atoms with Gasteiger partial charge in [-0.25, -0.2) is 4.98 Å². The Hall–Kier alpha value is -1.81. The van der Waals surface area contributed by atoms with Gasteiger partial charge in [0.05, 0.1) is 12.1 Å². The average Bonchev–Trinajstić information content (AvgIpc) is 2.76. The molecule has 0 amide bonds. The molecule has 88 valence electrons. The van der Waals surface area contributed by atoms with Crippen LogP contribution in [0.25, 0.3) is 0 Å². The van der Waals surface area contributed by atoms with Gasteiger partial charge in [-0.3, -0.25) is 0 Å². The van der Waals surface area contributed by atoms with Crippen LogP contribution in [0.2, 0.25) is 0 Å². The van der Waals surface area contributed by atoms with Crippen LogP contribution in [0.1, 0.15) is 23.5 Å². The minimum atomic E-state index is -0.0483. The summed E-state index contributed by atoms with van der Waals surface area (Å²) in [5, 5.41) is 0. The van der Waals surface area contributed by atoms with Gasteiger partial charge in [-0.05, 0) is 13.0 Å². The lowest BCUT2D eigenvalue weighted by molar-refractivity contribution is 0.195. The molecular weight excluding hydrogens is 214 g/mol. The summed E-state index contributed by atoms with van der Waals surface area (Å²) in [7, 11) is 0. The zero-order valence-corrected chi connectivity index (χ0v) is 9.71. The quantitative estimate of drug-likeness (QED) is 0.811. The number of aromatic nitrogens is 2. The minimum Gasteiger partial charge on any atom is -0.491 e. The molecule has 2 unspecified atom stereocenters.